The van der Waals surface area contributed by atoms with Crippen molar-refractivity contribution in [2.75, 3.05) is 19.7 Å². The molecule has 0 heterocycles. The average molecular weight is 391 g/mol. The lowest BCUT2D eigenvalue weighted by atomic mass is 9.99. The number of nitrogens with one attached hydrogen (secondary N) is 2. The standard InChI is InChI=1S/C15H20BrFN2O4/c16-12-3-4-13(17)11(7-12)6-10(9-20)8-19-15(23)18-5-1-2-14(21)22/h3-4,7,10,20H,1-2,5-6,8-9H2,(H,21,22)(H2,18,19,23). The molecule has 1 aromatic rings. The van der Waals surface area contributed by atoms with E-state index in [1.807, 2.05) is 0 Å². The zero-order valence-electron chi connectivity index (χ0n) is 12.5. The van der Waals surface area contributed by atoms with Gasteiger partial charge in [0.05, 0.1) is 0 Å². The van der Waals surface area contributed by atoms with Gasteiger partial charge in [0, 0.05) is 36.5 Å². The number of hydrogen-bond donors (Lipinski definition) is 4. The smallest absolute Gasteiger partial charge is 0.314 e. The van der Waals surface area contributed by atoms with Crippen LogP contribution in [0.15, 0.2) is 22.7 Å². The normalized spacial score (nSPS) is 11.8. The first kappa shape index (κ1) is 19.4. The number of carboxylic acids is 1. The SMILES string of the molecule is O=C(O)CCCNC(=O)NCC(CO)Cc1cc(Br)ccc1F. The summed E-state index contributed by atoms with van der Waals surface area (Å²) in [4.78, 5) is 21.9. The van der Waals surface area contributed by atoms with Gasteiger partial charge in [-0.3, -0.25) is 4.79 Å². The number of carbonyl (C=O) groups excluding carboxylic acids is 1. The van der Waals surface area contributed by atoms with Crippen molar-refractivity contribution in [2.45, 2.75) is 19.3 Å². The molecule has 1 aromatic carbocycles. The Kier molecular flexibility index (Phi) is 8.57. The van der Waals surface area contributed by atoms with E-state index in [1.54, 1.807) is 12.1 Å². The molecule has 0 aliphatic rings. The summed E-state index contributed by atoms with van der Waals surface area (Å²) >= 11 is 3.27. The van der Waals surface area contributed by atoms with E-state index < -0.39 is 12.0 Å². The van der Waals surface area contributed by atoms with Gasteiger partial charge >= 0.3 is 12.0 Å². The quantitative estimate of drug-likeness (QED) is 0.484. The molecular formula is C15H20BrFN2O4. The zero-order chi connectivity index (χ0) is 17.2. The van der Waals surface area contributed by atoms with Crippen molar-refractivity contribution < 1.29 is 24.2 Å². The number of carbonyl (C=O) groups is 2. The molecule has 0 saturated heterocycles. The molecule has 1 unspecified atom stereocenters. The first-order valence-electron chi connectivity index (χ1n) is 7.20. The Morgan fingerprint density at radius 3 is 2.70 bits per heavy atom. The molecule has 128 valence electrons. The topological polar surface area (TPSA) is 98.7 Å². The van der Waals surface area contributed by atoms with Gasteiger partial charge in [-0.2, -0.15) is 0 Å². The monoisotopic (exact) mass is 390 g/mol. The van der Waals surface area contributed by atoms with Crippen molar-refractivity contribution in [3.63, 3.8) is 0 Å². The van der Waals surface area contributed by atoms with E-state index in [-0.39, 0.29) is 37.9 Å². The number of hydrogen-bond acceptors (Lipinski definition) is 3. The fraction of sp³-hybridized carbons (Fsp3) is 0.467. The van der Waals surface area contributed by atoms with Gasteiger partial charge in [0.25, 0.3) is 0 Å². The number of rotatable bonds is 9. The summed E-state index contributed by atoms with van der Waals surface area (Å²) in [5.41, 5.74) is 0.460. The Morgan fingerprint density at radius 2 is 2.04 bits per heavy atom. The lowest BCUT2D eigenvalue weighted by molar-refractivity contribution is -0.137. The molecule has 1 atom stereocenters. The Labute approximate surface area is 142 Å². The zero-order valence-corrected chi connectivity index (χ0v) is 14.1. The highest BCUT2D eigenvalue weighted by Gasteiger charge is 2.13. The maximum absolute atomic E-state index is 13.7. The van der Waals surface area contributed by atoms with Crippen LogP contribution in [0.3, 0.4) is 0 Å². The van der Waals surface area contributed by atoms with E-state index in [2.05, 4.69) is 26.6 Å². The van der Waals surface area contributed by atoms with E-state index in [4.69, 9.17) is 5.11 Å². The van der Waals surface area contributed by atoms with Gasteiger partial charge < -0.3 is 20.8 Å². The third kappa shape index (κ3) is 7.94. The fourth-order valence-corrected chi connectivity index (χ4v) is 2.36. The molecule has 0 aromatic heterocycles. The van der Waals surface area contributed by atoms with Crippen LogP contribution in [0.2, 0.25) is 0 Å². The predicted octanol–water partition coefficient (Wildman–Crippen LogP) is 1.90. The van der Waals surface area contributed by atoms with Gasteiger partial charge in [-0.1, -0.05) is 15.9 Å². The largest absolute Gasteiger partial charge is 0.481 e. The number of halogens is 2. The molecule has 6 nitrogen and oxygen atoms in total. The van der Waals surface area contributed by atoms with Gasteiger partial charge in [0.2, 0.25) is 0 Å². The maximum atomic E-state index is 13.7. The van der Waals surface area contributed by atoms with Gasteiger partial charge in [-0.05, 0) is 36.6 Å². The molecule has 0 radical (unpaired) electrons. The number of aliphatic hydroxyl groups excluding tert-OH is 1. The Bertz CT molecular complexity index is 542. The van der Waals surface area contributed by atoms with E-state index in [1.165, 1.54) is 6.07 Å². The van der Waals surface area contributed by atoms with Crippen LogP contribution >= 0.6 is 15.9 Å². The van der Waals surface area contributed by atoms with Gasteiger partial charge in [0.1, 0.15) is 5.82 Å². The van der Waals surface area contributed by atoms with Crippen LogP contribution in [0.25, 0.3) is 0 Å². The molecular weight excluding hydrogens is 371 g/mol. The van der Waals surface area contributed by atoms with Gasteiger partial charge in [-0.15, -0.1) is 0 Å². The van der Waals surface area contributed by atoms with Crippen molar-refractivity contribution in [3.8, 4) is 0 Å². The van der Waals surface area contributed by atoms with Crippen molar-refractivity contribution in [1.29, 1.82) is 0 Å². The number of amides is 2. The molecule has 4 N–H and O–H groups in total. The molecule has 0 saturated carbocycles. The van der Waals surface area contributed by atoms with Crippen LogP contribution in [-0.2, 0) is 11.2 Å². The molecule has 0 aliphatic carbocycles. The van der Waals surface area contributed by atoms with Crippen LogP contribution in [0.4, 0.5) is 9.18 Å². The van der Waals surface area contributed by atoms with E-state index in [0.717, 1.165) is 4.47 Å². The predicted molar refractivity (Wildman–Crippen MR) is 86.7 cm³/mol. The summed E-state index contributed by atoms with van der Waals surface area (Å²) in [6.07, 6.45) is 0.623. The second-order valence-electron chi connectivity index (χ2n) is 5.12. The fourth-order valence-electron chi connectivity index (χ4n) is 1.95. The second-order valence-corrected chi connectivity index (χ2v) is 6.04. The summed E-state index contributed by atoms with van der Waals surface area (Å²) in [6.45, 7) is 0.251. The number of aliphatic carboxylic acids is 1. The second kappa shape index (κ2) is 10.2. The Balaban J connectivity index is 2.37. The van der Waals surface area contributed by atoms with Gasteiger partial charge in [0.15, 0.2) is 0 Å². The van der Waals surface area contributed by atoms with E-state index in [9.17, 15) is 19.1 Å². The number of aliphatic hydroxyl groups is 1. The van der Waals surface area contributed by atoms with Crippen LogP contribution in [-0.4, -0.2) is 41.9 Å². The van der Waals surface area contributed by atoms with Crippen LogP contribution < -0.4 is 10.6 Å². The Hall–Kier alpha value is -1.67. The molecule has 8 heteroatoms. The van der Waals surface area contributed by atoms with E-state index >= 15 is 0 Å². The van der Waals surface area contributed by atoms with Crippen molar-refractivity contribution in [1.82, 2.24) is 10.6 Å². The summed E-state index contributed by atoms with van der Waals surface area (Å²) in [5, 5.41) is 23.0. The molecule has 0 bridgehead atoms. The number of carboxylic acid groups (broad SMARTS) is 1. The summed E-state index contributed by atoms with van der Waals surface area (Å²) < 4.78 is 14.4. The first-order chi connectivity index (χ1) is 10.9. The molecule has 1 rings (SSSR count). The third-order valence-corrected chi connectivity index (χ3v) is 3.67. The molecule has 0 spiro atoms. The summed E-state index contributed by atoms with van der Waals surface area (Å²) in [7, 11) is 0. The third-order valence-electron chi connectivity index (χ3n) is 3.18. The highest BCUT2D eigenvalue weighted by atomic mass is 79.9. The highest BCUT2D eigenvalue weighted by Crippen LogP contribution is 2.18. The summed E-state index contributed by atoms with van der Waals surface area (Å²) in [6, 6.07) is 4.14. The van der Waals surface area contributed by atoms with Crippen LogP contribution in [0.1, 0.15) is 18.4 Å². The minimum absolute atomic E-state index is 0.0122. The number of benzene rings is 1. The van der Waals surface area contributed by atoms with Crippen molar-refractivity contribution in [3.05, 3.63) is 34.1 Å². The molecule has 0 fully saturated rings. The number of urea groups is 1. The maximum Gasteiger partial charge on any atom is 0.314 e. The first-order valence-corrected chi connectivity index (χ1v) is 8.00. The lowest BCUT2D eigenvalue weighted by Gasteiger charge is -2.16. The minimum Gasteiger partial charge on any atom is -0.481 e. The molecule has 0 aliphatic heterocycles. The Morgan fingerprint density at radius 1 is 1.30 bits per heavy atom. The molecule has 23 heavy (non-hydrogen) atoms. The van der Waals surface area contributed by atoms with Crippen molar-refractivity contribution in [2.24, 2.45) is 5.92 Å². The average Bonchev–Trinajstić information content (AvgIpc) is 2.51. The van der Waals surface area contributed by atoms with Crippen molar-refractivity contribution >= 4 is 27.9 Å². The van der Waals surface area contributed by atoms with Gasteiger partial charge in [-0.25, -0.2) is 9.18 Å². The summed E-state index contributed by atoms with van der Waals surface area (Å²) in [5.74, 6) is -1.59. The lowest BCUT2D eigenvalue weighted by Crippen LogP contribution is -2.39. The molecule has 2 amide bonds. The highest BCUT2D eigenvalue weighted by molar-refractivity contribution is 9.10. The van der Waals surface area contributed by atoms with Crippen LogP contribution in [0, 0.1) is 11.7 Å². The van der Waals surface area contributed by atoms with E-state index in [0.29, 0.717) is 18.4 Å². The van der Waals surface area contributed by atoms with Crippen LogP contribution in [0.5, 0.6) is 0 Å². The minimum atomic E-state index is -0.913.